The second kappa shape index (κ2) is 3.61. The Kier molecular flexibility index (Phi) is 2.48. The van der Waals surface area contributed by atoms with Crippen molar-refractivity contribution in [1.29, 1.82) is 0 Å². The van der Waals surface area contributed by atoms with Gasteiger partial charge in [0.2, 0.25) is 5.91 Å². The van der Waals surface area contributed by atoms with Crippen molar-refractivity contribution in [3.8, 4) is 0 Å². The zero-order valence-electron chi connectivity index (χ0n) is 7.61. The molecule has 0 aromatic heterocycles. The number of carbonyl (C=O) groups is 1. The molecular weight excluding hydrogens is 170 g/mol. The molecule has 2 heterocycles. The Morgan fingerprint density at radius 2 is 2.08 bits per heavy atom. The summed E-state index contributed by atoms with van der Waals surface area (Å²) < 4.78 is 5.21. The number of amides is 1. The number of hydrazine groups is 1. The second-order valence-electron chi connectivity index (χ2n) is 3.51. The average molecular weight is 185 g/mol. The van der Waals surface area contributed by atoms with Crippen LogP contribution in [0, 0.1) is 0 Å². The number of hydrogen-bond donors (Lipinski definition) is 1. The van der Waals surface area contributed by atoms with Crippen LogP contribution in [0.3, 0.4) is 0 Å². The average Bonchev–Trinajstić information content (AvgIpc) is 2.47. The molecule has 74 valence electrons. The highest BCUT2D eigenvalue weighted by Crippen LogP contribution is 2.13. The molecule has 5 heteroatoms. The van der Waals surface area contributed by atoms with Gasteiger partial charge in [0.15, 0.2) is 0 Å². The van der Waals surface area contributed by atoms with Gasteiger partial charge in [-0.3, -0.25) is 9.80 Å². The third-order valence-electron chi connectivity index (χ3n) is 2.46. The van der Waals surface area contributed by atoms with E-state index in [1.54, 1.807) is 5.01 Å². The van der Waals surface area contributed by atoms with E-state index in [1.807, 2.05) is 5.01 Å². The molecule has 0 bridgehead atoms. The molecule has 0 radical (unpaired) electrons. The van der Waals surface area contributed by atoms with Crippen molar-refractivity contribution < 1.29 is 9.53 Å². The van der Waals surface area contributed by atoms with Crippen LogP contribution in [-0.4, -0.2) is 54.8 Å². The van der Waals surface area contributed by atoms with E-state index < -0.39 is 0 Å². The predicted molar refractivity (Wildman–Crippen MR) is 46.7 cm³/mol. The van der Waals surface area contributed by atoms with E-state index in [9.17, 15) is 4.79 Å². The molecule has 1 unspecified atom stereocenters. The molecular formula is C8H15N3O2. The second-order valence-corrected chi connectivity index (χ2v) is 3.51. The van der Waals surface area contributed by atoms with Crippen molar-refractivity contribution in [2.24, 2.45) is 5.73 Å². The first kappa shape index (κ1) is 8.93. The minimum Gasteiger partial charge on any atom is -0.379 e. The Labute approximate surface area is 77.4 Å². The van der Waals surface area contributed by atoms with Crippen LogP contribution in [0.4, 0.5) is 0 Å². The van der Waals surface area contributed by atoms with E-state index >= 15 is 0 Å². The Morgan fingerprint density at radius 3 is 2.62 bits per heavy atom. The molecule has 1 amide bonds. The summed E-state index contributed by atoms with van der Waals surface area (Å²) in [6.07, 6.45) is 0.483. The van der Waals surface area contributed by atoms with Crippen molar-refractivity contribution in [3.05, 3.63) is 0 Å². The van der Waals surface area contributed by atoms with Crippen LogP contribution in [0.15, 0.2) is 0 Å². The van der Waals surface area contributed by atoms with Crippen molar-refractivity contribution in [2.75, 3.05) is 32.8 Å². The summed E-state index contributed by atoms with van der Waals surface area (Å²) in [6.45, 7) is 3.69. The lowest BCUT2D eigenvalue weighted by molar-refractivity contribution is -0.150. The largest absolute Gasteiger partial charge is 0.379 e. The molecule has 2 aliphatic rings. The lowest BCUT2D eigenvalue weighted by Gasteiger charge is -2.34. The third kappa shape index (κ3) is 1.82. The minimum atomic E-state index is 0.00958. The predicted octanol–water partition coefficient (Wildman–Crippen LogP) is -1.21. The fraction of sp³-hybridized carbons (Fsp3) is 0.875. The molecule has 2 N–H and O–H groups in total. The van der Waals surface area contributed by atoms with E-state index in [0.717, 1.165) is 13.1 Å². The first-order chi connectivity index (χ1) is 6.27. The molecule has 2 aliphatic heterocycles. The molecule has 13 heavy (non-hydrogen) atoms. The number of nitrogens with two attached hydrogens (primary N) is 1. The Bertz CT molecular complexity index is 204. The van der Waals surface area contributed by atoms with Crippen LogP contribution in [0.5, 0.6) is 0 Å². The highest BCUT2D eigenvalue weighted by molar-refractivity contribution is 5.78. The lowest BCUT2D eigenvalue weighted by Crippen LogP contribution is -2.49. The number of morpholine rings is 1. The molecule has 0 saturated carbocycles. The van der Waals surface area contributed by atoms with Gasteiger partial charge in [0.1, 0.15) is 0 Å². The topological polar surface area (TPSA) is 58.8 Å². The summed E-state index contributed by atoms with van der Waals surface area (Å²) in [6, 6.07) is 0.00958. The maximum atomic E-state index is 11.4. The summed E-state index contributed by atoms with van der Waals surface area (Å²) >= 11 is 0. The molecule has 0 aromatic carbocycles. The van der Waals surface area contributed by atoms with Crippen LogP contribution in [0.25, 0.3) is 0 Å². The van der Waals surface area contributed by atoms with Crippen LogP contribution in [-0.2, 0) is 9.53 Å². The van der Waals surface area contributed by atoms with Gasteiger partial charge in [-0.05, 0) is 0 Å². The molecule has 0 aliphatic carbocycles. The number of rotatable bonds is 1. The summed E-state index contributed by atoms with van der Waals surface area (Å²) in [4.78, 5) is 11.4. The van der Waals surface area contributed by atoms with Gasteiger partial charge in [0.05, 0.1) is 19.8 Å². The highest BCUT2D eigenvalue weighted by Gasteiger charge is 2.31. The standard InChI is InChI=1S/C8H15N3O2/c9-7-5-8(12)11(6-7)10-1-3-13-4-2-10/h7H,1-6,9H2. The van der Waals surface area contributed by atoms with Crippen molar-refractivity contribution >= 4 is 5.91 Å². The van der Waals surface area contributed by atoms with Gasteiger partial charge in [0, 0.05) is 25.6 Å². The van der Waals surface area contributed by atoms with E-state index in [4.69, 9.17) is 10.5 Å². The molecule has 2 rings (SSSR count). The van der Waals surface area contributed by atoms with Gasteiger partial charge in [-0.1, -0.05) is 0 Å². The molecule has 2 fully saturated rings. The summed E-state index contributed by atoms with van der Waals surface area (Å²) in [5, 5.41) is 3.81. The molecule has 1 atom stereocenters. The first-order valence-corrected chi connectivity index (χ1v) is 4.66. The number of ether oxygens (including phenoxy) is 1. The maximum Gasteiger partial charge on any atom is 0.238 e. The third-order valence-corrected chi connectivity index (χ3v) is 2.46. The molecule has 0 aromatic rings. The Hall–Kier alpha value is -0.650. The summed E-state index contributed by atoms with van der Waals surface area (Å²) in [7, 11) is 0. The molecule has 2 saturated heterocycles. The van der Waals surface area contributed by atoms with E-state index in [2.05, 4.69) is 0 Å². The quantitative estimate of drug-likeness (QED) is 0.557. The van der Waals surface area contributed by atoms with Crippen LogP contribution in [0.2, 0.25) is 0 Å². The normalized spacial score (nSPS) is 31.3. The lowest BCUT2D eigenvalue weighted by atomic mass is 10.3. The SMILES string of the molecule is NC1CC(=O)N(N2CCOCC2)C1. The fourth-order valence-electron chi connectivity index (χ4n) is 1.79. The number of hydrogen-bond acceptors (Lipinski definition) is 4. The number of nitrogens with zero attached hydrogens (tertiary/aromatic N) is 2. The fourth-order valence-corrected chi connectivity index (χ4v) is 1.79. The minimum absolute atomic E-state index is 0.00958. The monoisotopic (exact) mass is 185 g/mol. The molecule has 0 spiro atoms. The highest BCUT2D eigenvalue weighted by atomic mass is 16.5. The van der Waals surface area contributed by atoms with Crippen molar-refractivity contribution in [1.82, 2.24) is 10.0 Å². The van der Waals surface area contributed by atoms with Crippen LogP contribution in [0.1, 0.15) is 6.42 Å². The van der Waals surface area contributed by atoms with Crippen LogP contribution >= 0.6 is 0 Å². The van der Waals surface area contributed by atoms with E-state index in [-0.39, 0.29) is 11.9 Å². The van der Waals surface area contributed by atoms with Gasteiger partial charge in [-0.25, -0.2) is 5.01 Å². The van der Waals surface area contributed by atoms with Crippen molar-refractivity contribution in [3.63, 3.8) is 0 Å². The zero-order chi connectivity index (χ0) is 9.26. The zero-order valence-corrected chi connectivity index (χ0v) is 7.61. The Morgan fingerprint density at radius 1 is 1.38 bits per heavy atom. The van der Waals surface area contributed by atoms with Crippen LogP contribution < -0.4 is 5.73 Å². The molecule has 5 nitrogen and oxygen atoms in total. The van der Waals surface area contributed by atoms with Crippen molar-refractivity contribution in [2.45, 2.75) is 12.5 Å². The smallest absolute Gasteiger partial charge is 0.238 e. The summed E-state index contributed by atoms with van der Waals surface area (Å²) in [5.74, 6) is 0.148. The maximum absolute atomic E-state index is 11.4. The van der Waals surface area contributed by atoms with Gasteiger partial charge in [-0.15, -0.1) is 0 Å². The van der Waals surface area contributed by atoms with Gasteiger partial charge >= 0.3 is 0 Å². The number of carbonyl (C=O) groups excluding carboxylic acids is 1. The van der Waals surface area contributed by atoms with Gasteiger partial charge < -0.3 is 10.5 Å². The van der Waals surface area contributed by atoms with Gasteiger partial charge in [-0.2, -0.15) is 0 Å². The van der Waals surface area contributed by atoms with E-state index in [1.165, 1.54) is 0 Å². The Balaban J connectivity index is 1.95. The van der Waals surface area contributed by atoms with Gasteiger partial charge in [0.25, 0.3) is 0 Å². The van der Waals surface area contributed by atoms with E-state index in [0.29, 0.717) is 26.2 Å². The first-order valence-electron chi connectivity index (χ1n) is 4.66. The summed E-state index contributed by atoms with van der Waals surface area (Å²) in [5.41, 5.74) is 5.70.